The van der Waals surface area contributed by atoms with Crippen molar-refractivity contribution in [1.29, 1.82) is 0 Å². The molecule has 1 saturated carbocycles. The highest BCUT2D eigenvalue weighted by atomic mass is 35.5. The van der Waals surface area contributed by atoms with Gasteiger partial charge < -0.3 is 10.6 Å². The minimum atomic E-state index is -0.897. The Bertz CT molecular complexity index is 565. The van der Waals surface area contributed by atoms with Crippen molar-refractivity contribution in [2.45, 2.75) is 33.6 Å². The van der Waals surface area contributed by atoms with Crippen molar-refractivity contribution in [3.8, 4) is 0 Å². The molecule has 1 aromatic rings. The third-order valence-corrected chi connectivity index (χ3v) is 4.13. The monoisotopic (exact) mass is 308 g/mol. The fraction of sp³-hybridized carbons (Fsp3) is 0.500. The van der Waals surface area contributed by atoms with Gasteiger partial charge in [-0.15, -0.1) is 0 Å². The zero-order valence-corrected chi connectivity index (χ0v) is 13.4. The average molecular weight is 309 g/mol. The number of halogens is 1. The first-order valence-corrected chi connectivity index (χ1v) is 7.59. The van der Waals surface area contributed by atoms with Crippen LogP contribution in [0.1, 0.15) is 32.3 Å². The molecule has 5 heteroatoms. The van der Waals surface area contributed by atoms with Gasteiger partial charge >= 0.3 is 0 Å². The number of hydrogen-bond acceptors (Lipinski definition) is 2. The summed E-state index contributed by atoms with van der Waals surface area (Å²) in [6.07, 6.45) is 1.20. The number of hydrogen-bond donors (Lipinski definition) is 2. The molecular weight excluding hydrogens is 288 g/mol. The quantitative estimate of drug-likeness (QED) is 0.821. The van der Waals surface area contributed by atoms with Gasteiger partial charge in [0.25, 0.3) is 0 Å². The summed E-state index contributed by atoms with van der Waals surface area (Å²) in [5, 5.41) is 6.24. The normalized spacial score (nSPS) is 15.7. The van der Waals surface area contributed by atoms with Crippen LogP contribution in [-0.4, -0.2) is 18.4 Å². The summed E-state index contributed by atoms with van der Waals surface area (Å²) in [5.41, 5.74) is 0.677. The Balaban J connectivity index is 2.02. The van der Waals surface area contributed by atoms with Crippen LogP contribution in [0.25, 0.3) is 0 Å². The summed E-state index contributed by atoms with van der Waals surface area (Å²) in [6, 6.07) is 5.34. The van der Waals surface area contributed by atoms with E-state index in [2.05, 4.69) is 10.6 Å². The summed E-state index contributed by atoms with van der Waals surface area (Å²) in [7, 11) is 0. The molecule has 2 rings (SSSR count). The van der Waals surface area contributed by atoms with Crippen LogP contribution >= 0.6 is 11.6 Å². The number of aryl methyl sites for hydroxylation is 1. The maximum atomic E-state index is 12.4. The van der Waals surface area contributed by atoms with Crippen molar-refractivity contribution in [1.82, 2.24) is 5.32 Å². The summed E-state index contributed by atoms with van der Waals surface area (Å²) < 4.78 is 0. The maximum absolute atomic E-state index is 12.4. The van der Waals surface area contributed by atoms with E-state index in [0.29, 0.717) is 36.0 Å². The molecule has 0 bridgehead atoms. The molecule has 0 radical (unpaired) electrons. The van der Waals surface area contributed by atoms with E-state index >= 15 is 0 Å². The standard InChI is InChI=1S/C16H21ClN2O2/c1-10(2)9-18-14(20)16(6-7-16)15(21)19-12-5-4-11(3)13(17)8-12/h4-5,8,10H,6-7,9H2,1-3H3,(H,18,20)(H,19,21). The largest absolute Gasteiger partial charge is 0.355 e. The molecule has 2 N–H and O–H groups in total. The second-order valence-electron chi connectivity index (χ2n) is 6.10. The van der Waals surface area contributed by atoms with Crippen LogP contribution < -0.4 is 10.6 Å². The molecule has 0 aromatic heterocycles. The van der Waals surface area contributed by atoms with E-state index in [1.807, 2.05) is 26.8 Å². The van der Waals surface area contributed by atoms with Crippen LogP contribution in [0.5, 0.6) is 0 Å². The van der Waals surface area contributed by atoms with Crippen molar-refractivity contribution < 1.29 is 9.59 Å². The van der Waals surface area contributed by atoms with Gasteiger partial charge in [-0.1, -0.05) is 31.5 Å². The highest BCUT2D eigenvalue weighted by molar-refractivity contribution is 6.31. The number of nitrogens with one attached hydrogen (secondary N) is 2. The first kappa shape index (κ1) is 15.8. The highest BCUT2D eigenvalue weighted by Crippen LogP contribution is 2.46. The van der Waals surface area contributed by atoms with E-state index < -0.39 is 5.41 Å². The Morgan fingerprint density at radius 1 is 1.29 bits per heavy atom. The lowest BCUT2D eigenvalue weighted by Crippen LogP contribution is -2.41. The van der Waals surface area contributed by atoms with Gasteiger partial charge in [-0.2, -0.15) is 0 Å². The molecule has 1 aliphatic carbocycles. The van der Waals surface area contributed by atoms with Gasteiger partial charge in [0, 0.05) is 17.3 Å². The van der Waals surface area contributed by atoms with Gasteiger partial charge in [0.15, 0.2) is 0 Å². The molecule has 0 heterocycles. The number of carbonyl (C=O) groups excluding carboxylic acids is 2. The van der Waals surface area contributed by atoms with Gasteiger partial charge in [-0.05, 0) is 43.4 Å². The molecule has 21 heavy (non-hydrogen) atoms. The molecule has 0 spiro atoms. The molecule has 0 unspecified atom stereocenters. The van der Waals surface area contributed by atoms with Crippen LogP contribution in [0.15, 0.2) is 18.2 Å². The molecule has 2 amide bonds. The van der Waals surface area contributed by atoms with Crippen LogP contribution in [0.3, 0.4) is 0 Å². The van der Waals surface area contributed by atoms with E-state index in [1.165, 1.54) is 0 Å². The Morgan fingerprint density at radius 3 is 2.48 bits per heavy atom. The van der Waals surface area contributed by atoms with E-state index in [9.17, 15) is 9.59 Å². The second kappa shape index (κ2) is 6.06. The van der Waals surface area contributed by atoms with E-state index in [1.54, 1.807) is 12.1 Å². The van der Waals surface area contributed by atoms with E-state index in [4.69, 9.17) is 11.6 Å². The number of rotatable bonds is 5. The molecule has 0 aliphatic heterocycles. The summed E-state index contributed by atoms with van der Waals surface area (Å²) in [4.78, 5) is 24.6. The van der Waals surface area contributed by atoms with Crippen LogP contribution in [0, 0.1) is 18.3 Å². The predicted molar refractivity (Wildman–Crippen MR) is 84.3 cm³/mol. The van der Waals surface area contributed by atoms with E-state index in [-0.39, 0.29) is 11.8 Å². The Morgan fingerprint density at radius 2 is 1.95 bits per heavy atom. The number of benzene rings is 1. The molecule has 1 aromatic carbocycles. The lowest BCUT2D eigenvalue weighted by atomic mass is 10.0. The van der Waals surface area contributed by atoms with Gasteiger partial charge in [0.2, 0.25) is 11.8 Å². The van der Waals surface area contributed by atoms with Crippen molar-refractivity contribution >= 4 is 29.1 Å². The summed E-state index contributed by atoms with van der Waals surface area (Å²) in [6.45, 7) is 6.53. The fourth-order valence-electron chi connectivity index (χ4n) is 2.07. The third-order valence-electron chi connectivity index (χ3n) is 3.72. The van der Waals surface area contributed by atoms with Gasteiger partial charge in [-0.25, -0.2) is 0 Å². The van der Waals surface area contributed by atoms with Crippen molar-refractivity contribution in [2.24, 2.45) is 11.3 Å². The topological polar surface area (TPSA) is 58.2 Å². The van der Waals surface area contributed by atoms with Crippen LogP contribution in [0.4, 0.5) is 5.69 Å². The SMILES string of the molecule is Cc1ccc(NC(=O)C2(C(=O)NCC(C)C)CC2)cc1Cl. The number of anilines is 1. The minimum Gasteiger partial charge on any atom is -0.355 e. The highest BCUT2D eigenvalue weighted by Gasteiger charge is 2.56. The molecule has 0 atom stereocenters. The third kappa shape index (κ3) is 3.56. The van der Waals surface area contributed by atoms with Crippen LogP contribution in [-0.2, 0) is 9.59 Å². The smallest absolute Gasteiger partial charge is 0.240 e. The van der Waals surface area contributed by atoms with Crippen molar-refractivity contribution in [3.63, 3.8) is 0 Å². The van der Waals surface area contributed by atoms with E-state index in [0.717, 1.165) is 5.56 Å². The van der Waals surface area contributed by atoms with Crippen molar-refractivity contribution in [3.05, 3.63) is 28.8 Å². The lowest BCUT2D eigenvalue weighted by molar-refractivity contribution is -0.134. The fourth-order valence-corrected chi connectivity index (χ4v) is 2.25. The number of carbonyl (C=O) groups is 2. The first-order chi connectivity index (χ1) is 9.85. The molecule has 1 aliphatic rings. The summed E-state index contributed by atoms with van der Waals surface area (Å²) in [5.74, 6) is -0.0562. The lowest BCUT2D eigenvalue weighted by Gasteiger charge is -2.16. The van der Waals surface area contributed by atoms with Gasteiger partial charge in [0.1, 0.15) is 5.41 Å². The molecular formula is C16H21ClN2O2. The van der Waals surface area contributed by atoms with Crippen molar-refractivity contribution in [2.75, 3.05) is 11.9 Å². The molecule has 0 saturated heterocycles. The number of amides is 2. The summed E-state index contributed by atoms with van der Waals surface area (Å²) >= 11 is 6.04. The van der Waals surface area contributed by atoms with Crippen LogP contribution in [0.2, 0.25) is 5.02 Å². The zero-order chi connectivity index (χ0) is 15.6. The maximum Gasteiger partial charge on any atom is 0.240 e. The molecule has 114 valence electrons. The van der Waals surface area contributed by atoms with Gasteiger partial charge in [-0.3, -0.25) is 9.59 Å². The Labute approximate surface area is 130 Å². The first-order valence-electron chi connectivity index (χ1n) is 7.21. The Kier molecular flexibility index (Phi) is 4.57. The minimum absolute atomic E-state index is 0.174. The molecule has 4 nitrogen and oxygen atoms in total. The average Bonchev–Trinajstić information content (AvgIpc) is 3.21. The second-order valence-corrected chi connectivity index (χ2v) is 6.51. The predicted octanol–water partition coefficient (Wildman–Crippen LogP) is 3.14. The van der Waals surface area contributed by atoms with Gasteiger partial charge in [0.05, 0.1) is 0 Å². The Hall–Kier alpha value is -1.55. The molecule has 1 fully saturated rings. The zero-order valence-electron chi connectivity index (χ0n) is 12.6.